The first-order chi connectivity index (χ1) is 8.59. The molecule has 0 spiro atoms. The predicted molar refractivity (Wildman–Crippen MR) is 69.1 cm³/mol. The summed E-state index contributed by atoms with van der Waals surface area (Å²) in [5.41, 5.74) is 6.46. The maximum Gasteiger partial charge on any atom is 0.320 e. The molecule has 0 saturated heterocycles. The Morgan fingerprint density at radius 3 is 2.56 bits per heavy atom. The molecule has 0 fully saturated rings. The fraction of sp³-hybridized carbons (Fsp3) is 0.286. The molecular formula is C14H17NO3. The van der Waals surface area contributed by atoms with Gasteiger partial charge >= 0.3 is 5.97 Å². The molecule has 1 rings (SSSR count). The number of rotatable bonds is 7. The lowest BCUT2D eigenvalue weighted by Gasteiger charge is -2.01. The zero-order valence-electron chi connectivity index (χ0n) is 10.1. The molecular weight excluding hydrogens is 230 g/mol. The van der Waals surface area contributed by atoms with E-state index in [0.717, 1.165) is 12.8 Å². The van der Waals surface area contributed by atoms with Crippen LogP contribution in [0.25, 0.3) is 0 Å². The van der Waals surface area contributed by atoms with Crippen LogP contribution in [0.15, 0.2) is 42.5 Å². The van der Waals surface area contributed by atoms with Gasteiger partial charge in [0.1, 0.15) is 6.04 Å². The van der Waals surface area contributed by atoms with Crippen molar-refractivity contribution in [2.45, 2.75) is 25.3 Å². The standard InChI is InChI=1S/C14H17NO3/c15-13(14(17)18)10-12(16)9-5-4-8-11-6-2-1-3-7-11/h1-3,5-7,9,13H,4,8,10,15H2,(H,17,18)/b9-5+/t13-/m0/s1. The maximum absolute atomic E-state index is 11.3. The Hall–Kier alpha value is -1.94. The lowest BCUT2D eigenvalue weighted by molar-refractivity contribution is -0.139. The summed E-state index contributed by atoms with van der Waals surface area (Å²) in [5, 5.41) is 8.55. The third-order valence-electron chi connectivity index (χ3n) is 2.48. The molecule has 0 saturated carbocycles. The van der Waals surface area contributed by atoms with Crippen LogP contribution in [0.1, 0.15) is 18.4 Å². The summed E-state index contributed by atoms with van der Waals surface area (Å²) in [5.74, 6) is -1.40. The van der Waals surface area contributed by atoms with Gasteiger partial charge in [0.25, 0.3) is 0 Å². The average molecular weight is 247 g/mol. The Morgan fingerprint density at radius 2 is 1.94 bits per heavy atom. The molecule has 0 amide bonds. The van der Waals surface area contributed by atoms with Crippen LogP contribution in [0.5, 0.6) is 0 Å². The van der Waals surface area contributed by atoms with E-state index >= 15 is 0 Å². The number of carbonyl (C=O) groups is 2. The number of hydrogen-bond acceptors (Lipinski definition) is 3. The van der Waals surface area contributed by atoms with Gasteiger partial charge in [-0.2, -0.15) is 0 Å². The Balaban J connectivity index is 2.28. The van der Waals surface area contributed by atoms with E-state index in [4.69, 9.17) is 10.8 Å². The second-order valence-electron chi connectivity index (χ2n) is 4.04. The predicted octanol–water partition coefficient (Wildman–Crippen LogP) is 1.55. The third-order valence-corrected chi connectivity index (χ3v) is 2.48. The zero-order valence-corrected chi connectivity index (χ0v) is 10.1. The Kier molecular flexibility index (Phi) is 5.80. The van der Waals surface area contributed by atoms with Gasteiger partial charge in [-0.25, -0.2) is 0 Å². The number of carbonyl (C=O) groups excluding carboxylic acids is 1. The van der Waals surface area contributed by atoms with Gasteiger partial charge in [-0.1, -0.05) is 36.4 Å². The number of aliphatic carboxylic acids is 1. The number of allylic oxidation sites excluding steroid dienone is 2. The van der Waals surface area contributed by atoms with Crippen molar-refractivity contribution in [1.29, 1.82) is 0 Å². The minimum atomic E-state index is -1.15. The molecule has 96 valence electrons. The van der Waals surface area contributed by atoms with Crippen LogP contribution in [0.4, 0.5) is 0 Å². The largest absolute Gasteiger partial charge is 0.480 e. The summed E-state index contributed by atoms with van der Waals surface area (Å²) < 4.78 is 0. The molecule has 0 heterocycles. The van der Waals surface area contributed by atoms with Gasteiger partial charge < -0.3 is 10.8 Å². The van der Waals surface area contributed by atoms with Gasteiger partial charge in [-0.15, -0.1) is 0 Å². The van der Waals surface area contributed by atoms with Crippen molar-refractivity contribution in [2.75, 3.05) is 0 Å². The first-order valence-electron chi connectivity index (χ1n) is 5.81. The fourth-order valence-electron chi connectivity index (χ4n) is 1.48. The van der Waals surface area contributed by atoms with Gasteiger partial charge in [0.15, 0.2) is 5.78 Å². The molecule has 1 aromatic carbocycles. The van der Waals surface area contributed by atoms with Crippen molar-refractivity contribution in [2.24, 2.45) is 5.73 Å². The van der Waals surface area contributed by atoms with E-state index in [-0.39, 0.29) is 12.2 Å². The summed E-state index contributed by atoms with van der Waals surface area (Å²) in [4.78, 5) is 21.8. The van der Waals surface area contributed by atoms with Crippen molar-refractivity contribution in [1.82, 2.24) is 0 Å². The summed E-state index contributed by atoms with van der Waals surface area (Å²) >= 11 is 0. The van der Waals surface area contributed by atoms with Crippen molar-refractivity contribution in [3.63, 3.8) is 0 Å². The van der Waals surface area contributed by atoms with E-state index in [1.165, 1.54) is 11.6 Å². The van der Waals surface area contributed by atoms with E-state index in [0.29, 0.717) is 0 Å². The lowest BCUT2D eigenvalue weighted by atomic mass is 10.1. The van der Waals surface area contributed by atoms with E-state index in [1.54, 1.807) is 6.08 Å². The number of nitrogens with two attached hydrogens (primary N) is 1. The molecule has 0 aromatic heterocycles. The molecule has 0 aliphatic carbocycles. The second kappa shape index (κ2) is 7.40. The van der Waals surface area contributed by atoms with E-state index < -0.39 is 12.0 Å². The quantitative estimate of drug-likeness (QED) is 0.716. The monoisotopic (exact) mass is 247 g/mol. The van der Waals surface area contributed by atoms with Crippen LogP contribution in [0, 0.1) is 0 Å². The minimum Gasteiger partial charge on any atom is -0.480 e. The summed E-state index contributed by atoms with van der Waals surface area (Å²) in [6.45, 7) is 0. The Morgan fingerprint density at radius 1 is 1.28 bits per heavy atom. The highest BCUT2D eigenvalue weighted by molar-refractivity contribution is 5.93. The van der Waals surface area contributed by atoms with Crippen molar-refractivity contribution < 1.29 is 14.7 Å². The van der Waals surface area contributed by atoms with Crippen molar-refractivity contribution in [3.8, 4) is 0 Å². The molecule has 4 heteroatoms. The molecule has 0 bridgehead atoms. The topological polar surface area (TPSA) is 80.4 Å². The zero-order chi connectivity index (χ0) is 13.4. The van der Waals surface area contributed by atoms with E-state index in [9.17, 15) is 9.59 Å². The van der Waals surface area contributed by atoms with Crippen LogP contribution < -0.4 is 5.73 Å². The highest BCUT2D eigenvalue weighted by atomic mass is 16.4. The highest BCUT2D eigenvalue weighted by Gasteiger charge is 2.13. The molecule has 1 aromatic rings. The van der Waals surface area contributed by atoms with Gasteiger partial charge in [0, 0.05) is 6.42 Å². The lowest BCUT2D eigenvalue weighted by Crippen LogP contribution is -2.32. The molecule has 4 nitrogen and oxygen atoms in total. The Labute approximate surface area is 106 Å². The molecule has 0 aliphatic heterocycles. The van der Waals surface area contributed by atoms with E-state index in [1.807, 2.05) is 30.3 Å². The number of carboxylic acid groups (broad SMARTS) is 1. The van der Waals surface area contributed by atoms with Crippen LogP contribution >= 0.6 is 0 Å². The first kappa shape index (κ1) is 14.1. The third kappa shape index (κ3) is 5.41. The number of benzene rings is 1. The van der Waals surface area contributed by atoms with Gasteiger partial charge in [-0.05, 0) is 24.5 Å². The highest BCUT2D eigenvalue weighted by Crippen LogP contribution is 2.03. The van der Waals surface area contributed by atoms with Crippen LogP contribution in [0.2, 0.25) is 0 Å². The molecule has 0 radical (unpaired) electrons. The summed E-state index contributed by atoms with van der Waals surface area (Å²) in [7, 11) is 0. The second-order valence-corrected chi connectivity index (χ2v) is 4.04. The average Bonchev–Trinajstić information content (AvgIpc) is 2.35. The maximum atomic E-state index is 11.3. The van der Waals surface area contributed by atoms with Gasteiger partial charge in [-0.3, -0.25) is 9.59 Å². The summed E-state index contributed by atoms with van der Waals surface area (Å²) in [6.07, 6.45) is 4.61. The molecule has 1 atom stereocenters. The van der Waals surface area contributed by atoms with Gasteiger partial charge in [0.2, 0.25) is 0 Å². The van der Waals surface area contributed by atoms with Crippen LogP contribution in [0.3, 0.4) is 0 Å². The van der Waals surface area contributed by atoms with Crippen LogP contribution in [-0.2, 0) is 16.0 Å². The SMILES string of the molecule is N[C@@H](CC(=O)/C=C/CCc1ccccc1)C(=O)O. The molecule has 0 unspecified atom stereocenters. The van der Waals surface area contributed by atoms with Crippen LogP contribution in [-0.4, -0.2) is 22.9 Å². The van der Waals surface area contributed by atoms with Crippen molar-refractivity contribution in [3.05, 3.63) is 48.0 Å². The molecule has 18 heavy (non-hydrogen) atoms. The number of aryl methyl sites for hydroxylation is 1. The Bertz CT molecular complexity index is 426. The van der Waals surface area contributed by atoms with Crippen molar-refractivity contribution >= 4 is 11.8 Å². The van der Waals surface area contributed by atoms with Gasteiger partial charge in [0.05, 0.1) is 0 Å². The summed E-state index contributed by atoms with van der Waals surface area (Å²) in [6, 6.07) is 8.82. The first-order valence-corrected chi connectivity index (χ1v) is 5.81. The minimum absolute atomic E-state index is 0.156. The number of hydrogen-bond donors (Lipinski definition) is 2. The molecule has 3 N–H and O–H groups in total. The smallest absolute Gasteiger partial charge is 0.320 e. The fourth-order valence-corrected chi connectivity index (χ4v) is 1.48. The molecule has 0 aliphatic rings. The normalized spacial score (nSPS) is 12.5. The van der Waals surface area contributed by atoms with E-state index in [2.05, 4.69) is 0 Å². The number of ketones is 1. The number of carboxylic acids is 1.